The summed E-state index contributed by atoms with van der Waals surface area (Å²) in [6.45, 7) is 4.27. The standard InChI is InChI=1S/C16H22N2O3/c1-5-10(6-2)15-14(16(17)21-18-15)11-7-8-12(19-3)13(9-11)20-4/h7-10H,5-6,17H2,1-4H3. The Hall–Kier alpha value is -2.17. The van der Waals surface area contributed by atoms with E-state index in [1.807, 2.05) is 18.2 Å². The Morgan fingerprint density at radius 2 is 1.81 bits per heavy atom. The van der Waals surface area contributed by atoms with Crippen molar-refractivity contribution in [3.63, 3.8) is 0 Å². The zero-order valence-electron chi connectivity index (χ0n) is 13.0. The van der Waals surface area contributed by atoms with Gasteiger partial charge in [-0.1, -0.05) is 25.1 Å². The second-order valence-corrected chi connectivity index (χ2v) is 4.89. The van der Waals surface area contributed by atoms with Crippen molar-refractivity contribution in [3.05, 3.63) is 23.9 Å². The van der Waals surface area contributed by atoms with Crippen molar-refractivity contribution in [3.8, 4) is 22.6 Å². The first-order valence-electron chi connectivity index (χ1n) is 7.13. The van der Waals surface area contributed by atoms with Crippen molar-refractivity contribution < 1.29 is 14.0 Å². The van der Waals surface area contributed by atoms with Gasteiger partial charge in [0.15, 0.2) is 11.5 Å². The summed E-state index contributed by atoms with van der Waals surface area (Å²) in [5, 5.41) is 4.16. The maximum atomic E-state index is 5.98. The third-order valence-electron chi connectivity index (χ3n) is 3.79. The van der Waals surface area contributed by atoms with Crippen LogP contribution in [0, 0.1) is 0 Å². The van der Waals surface area contributed by atoms with Gasteiger partial charge >= 0.3 is 0 Å². The summed E-state index contributed by atoms with van der Waals surface area (Å²) >= 11 is 0. The van der Waals surface area contributed by atoms with Gasteiger partial charge in [0, 0.05) is 5.92 Å². The third kappa shape index (κ3) is 2.82. The first-order chi connectivity index (χ1) is 10.2. The number of nitrogens with two attached hydrogens (primary N) is 1. The monoisotopic (exact) mass is 290 g/mol. The molecule has 0 saturated carbocycles. The van der Waals surface area contributed by atoms with Crippen LogP contribution in [0.2, 0.25) is 0 Å². The molecule has 0 bridgehead atoms. The fourth-order valence-electron chi connectivity index (χ4n) is 2.55. The molecule has 5 nitrogen and oxygen atoms in total. The van der Waals surface area contributed by atoms with Gasteiger partial charge in [-0.25, -0.2) is 0 Å². The highest BCUT2D eigenvalue weighted by Crippen LogP contribution is 2.39. The molecule has 2 N–H and O–H groups in total. The molecule has 21 heavy (non-hydrogen) atoms. The number of rotatable bonds is 6. The Balaban J connectivity index is 2.54. The molecule has 2 aromatic rings. The molecule has 0 atom stereocenters. The number of methoxy groups -OCH3 is 2. The van der Waals surface area contributed by atoms with Gasteiger partial charge in [0.1, 0.15) is 0 Å². The first-order valence-corrected chi connectivity index (χ1v) is 7.13. The average Bonchev–Trinajstić information content (AvgIpc) is 2.89. The topological polar surface area (TPSA) is 70.5 Å². The molecule has 2 rings (SSSR count). The molecule has 0 fully saturated rings. The predicted molar refractivity (Wildman–Crippen MR) is 82.8 cm³/mol. The summed E-state index contributed by atoms with van der Waals surface area (Å²) in [4.78, 5) is 0. The largest absolute Gasteiger partial charge is 0.493 e. The van der Waals surface area contributed by atoms with Crippen LogP contribution in [0.25, 0.3) is 11.1 Å². The summed E-state index contributed by atoms with van der Waals surface area (Å²) in [5.74, 6) is 2.00. The van der Waals surface area contributed by atoms with Crippen LogP contribution in [0.15, 0.2) is 22.7 Å². The smallest absolute Gasteiger partial charge is 0.230 e. The fourth-order valence-corrected chi connectivity index (χ4v) is 2.55. The lowest BCUT2D eigenvalue weighted by Crippen LogP contribution is -1.99. The molecule has 114 valence electrons. The van der Waals surface area contributed by atoms with Gasteiger partial charge in [-0.3, -0.25) is 0 Å². The van der Waals surface area contributed by atoms with E-state index >= 15 is 0 Å². The van der Waals surface area contributed by atoms with Gasteiger partial charge < -0.3 is 19.7 Å². The van der Waals surface area contributed by atoms with Crippen LogP contribution in [0.4, 0.5) is 5.88 Å². The van der Waals surface area contributed by atoms with E-state index in [9.17, 15) is 0 Å². The summed E-state index contributed by atoms with van der Waals surface area (Å²) < 4.78 is 15.8. The van der Waals surface area contributed by atoms with E-state index in [0.29, 0.717) is 23.3 Å². The van der Waals surface area contributed by atoms with Crippen molar-refractivity contribution >= 4 is 5.88 Å². The molecule has 0 radical (unpaired) electrons. The highest BCUT2D eigenvalue weighted by Gasteiger charge is 2.22. The van der Waals surface area contributed by atoms with E-state index in [4.69, 9.17) is 19.7 Å². The number of nitrogen functional groups attached to an aromatic ring is 1. The normalized spacial score (nSPS) is 10.9. The Morgan fingerprint density at radius 1 is 1.14 bits per heavy atom. The van der Waals surface area contributed by atoms with Crippen molar-refractivity contribution in [1.29, 1.82) is 0 Å². The average molecular weight is 290 g/mol. The fraction of sp³-hybridized carbons (Fsp3) is 0.438. The lowest BCUT2D eigenvalue weighted by atomic mass is 9.93. The number of nitrogens with zero attached hydrogens (tertiary/aromatic N) is 1. The predicted octanol–water partition coefficient (Wildman–Crippen LogP) is 3.84. The van der Waals surface area contributed by atoms with E-state index in [2.05, 4.69) is 19.0 Å². The molecule has 1 heterocycles. The second kappa shape index (κ2) is 6.52. The summed E-state index contributed by atoms with van der Waals surface area (Å²) in [6, 6.07) is 5.70. The molecule has 1 aromatic carbocycles. The highest BCUT2D eigenvalue weighted by molar-refractivity contribution is 5.77. The van der Waals surface area contributed by atoms with Crippen molar-refractivity contribution in [2.75, 3.05) is 20.0 Å². The van der Waals surface area contributed by atoms with Crippen LogP contribution in [0.3, 0.4) is 0 Å². The molecule has 0 saturated heterocycles. The molecule has 0 aliphatic rings. The molecular weight excluding hydrogens is 268 g/mol. The quantitative estimate of drug-likeness (QED) is 0.875. The molecule has 0 aliphatic heterocycles. The van der Waals surface area contributed by atoms with E-state index in [0.717, 1.165) is 29.7 Å². The number of hydrogen-bond donors (Lipinski definition) is 1. The van der Waals surface area contributed by atoms with Crippen LogP contribution in [0.1, 0.15) is 38.3 Å². The van der Waals surface area contributed by atoms with E-state index in [1.165, 1.54) is 0 Å². The zero-order valence-corrected chi connectivity index (χ0v) is 13.0. The Labute approximate surface area is 125 Å². The van der Waals surface area contributed by atoms with Gasteiger partial charge in [0.25, 0.3) is 0 Å². The van der Waals surface area contributed by atoms with Gasteiger partial charge in [-0.15, -0.1) is 0 Å². The van der Waals surface area contributed by atoms with Crippen LogP contribution in [-0.4, -0.2) is 19.4 Å². The first kappa shape index (κ1) is 15.2. The van der Waals surface area contributed by atoms with Crippen LogP contribution in [-0.2, 0) is 0 Å². The van der Waals surface area contributed by atoms with Crippen LogP contribution in [0.5, 0.6) is 11.5 Å². The number of hydrogen-bond acceptors (Lipinski definition) is 5. The second-order valence-electron chi connectivity index (χ2n) is 4.89. The van der Waals surface area contributed by atoms with E-state index in [-0.39, 0.29) is 0 Å². The van der Waals surface area contributed by atoms with Gasteiger partial charge in [-0.05, 0) is 30.5 Å². The number of anilines is 1. The lowest BCUT2D eigenvalue weighted by Gasteiger charge is -2.13. The maximum absolute atomic E-state index is 5.98. The minimum absolute atomic E-state index is 0.328. The lowest BCUT2D eigenvalue weighted by molar-refractivity contribution is 0.355. The maximum Gasteiger partial charge on any atom is 0.230 e. The van der Waals surface area contributed by atoms with Crippen molar-refractivity contribution in [1.82, 2.24) is 5.16 Å². The number of benzene rings is 1. The van der Waals surface area contributed by atoms with Crippen LogP contribution >= 0.6 is 0 Å². The summed E-state index contributed by atoms with van der Waals surface area (Å²) in [5.41, 5.74) is 8.66. The molecule has 0 amide bonds. The van der Waals surface area contributed by atoms with E-state index < -0.39 is 0 Å². The minimum Gasteiger partial charge on any atom is -0.493 e. The Bertz CT molecular complexity index is 604. The zero-order chi connectivity index (χ0) is 15.4. The Morgan fingerprint density at radius 3 is 2.38 bits per heavy atom. The number of aromatic nitrogens is 1. The van der Waals surface area contributed by atoms with Crippen molar-refractivity contribution in [2.24, 2.45) is 0 Å². The van der Waals surface area contributed by atoms with Gasteiger partial charge in [0.2, 0.25) is 5.88 Å². The van der Waals surface area contributed by atoms with Crippen LogP contribution < -0.4 is 15.2 Å². The molecule has 5 heteroatoms. The minimum atomic E-state index is 0.328. The summed E-state index contributed by atoms with van der Waals surface area (Å²) in [6.07, 6.45) is 1.98. The molecule has 1 aromatic heterocycles. The molecular formula is C16H22N2O3. The molecule has 0 spiro atoms. The molecule has 0 unspecified atom stereocenters. The van der Waals surface area contributed by atoms with E-state index in [1.54, 1.807) is 14.2 Å². The van der Waals surface area contributed by atoms with Gasteiger partial charge in [-0.2, -0.15) is 0 Å². The molecule has 0 aliphatic carbocycles. The SMILES string of the molecule is CCC(CC)c1noc(N)c1-c1ccc(OC)c(OC)c1. The van der Waals surface area contributed by atoms with Gasteiger partial charge in [0.05, 0.1) is 25.5 Å². The highest BCUT2D eigenvalue weighted by atomic mass is 16.5. The third-order valence-corrected chi connectivity index (χ3v) is 3.79. The summed E-state index contributed by atoms with van der Waals surface area (Å²) in [7, 11) is 3.22. The number of ether oxygens (including phenoxy) is 2. The Kier molecular flexibility index (Phi) is 4.73. The van der Waals surface area contributed by atoms with Crippen molar-refractivity contribution in [2.45, 2.75) is 32.6 Å².